The zero-order chi connectivity index (χ0) is 13.2. The van der Waals surface area contributed by atoms with Crippen LogP contribution in [0.2, 0.25) is 0 Å². The monoisotopic (exact) mass is 303 g/mol. The molecule has 4 nitrogen and oxygen atoms in total. The molecule has 0 spiro atoms. The van der Waals surface area contributed by atoms with Gasteiger partial charge in [-0.15, -0.1) is 22.7 Å². The van der Waals surface area contributed by atoms with Crippen molar-refractivity contribution < 1.29 is 13.5 Å². The fourth-order valence-corrected chi connectivity index (χ4v) is 4.48. The summed E-state index contributed by atoms with van der Waals surface area (Å²) < 4.78 is 26.5. The lowest BCUT2D eigenvalue weighted by atomic mass is 10.4. The fourth-order valence-electron chi connectivity index (χ4n) is 1.41. The van der Waals surface area contributed by atoms with Crippen molar-refractivity contribution in [2.24, 2.45) is 0 Å². The molecule has 18 heavy (non-hydrogen) atoms. The van der Waals surface area contributed by atoms with Gasteiger partial charge in [-0.3, -0.25) is 0 Å². The highest BCUT2D eigenvalue weighted by Gasteiger charge is 2.16. The molecule has 0 aliphatic rings. The standard InChI is InChI=1S/C11H13NO3S3/c1-8-2-3-9(17-8)5-12-18(14,15)11-4-10(6-13)16-7-11/h2-4,7,12-13H,5-6H2,1H3. The van der Waals surface area contributed by atoms with Gasteiger partial charge in [-0.2, -0.15) is 0 Å². The summed E-state index contributed by atoms with van der Waals surface area (Å²) in [5, 5.41) is 10.5. The number of rotatable bonds is 5. The van der Waals surface area contributed by atoms with Crippen molar-refractivity contribution in [3.05, 3.63) is 38.2 Å². The smallest absolute Gasteiger partial charge is 0.241 e. The van der Waals surface area contributed by atoms with E-state index in [2.05, 4.69) is 4.72 Å². The average Bonchev–Trinajstić information content (AvgIpc) is 2.95. The summed E-state index contributed by atoms with van der Waals surface area (Å²) in [6, 6.07) is 5.37. The minimum Gasteiger partial charge on any atom is -0.391 e. The first-order chi connectivity index (χ1) is 8.51. The normalized spacial score (nSPS) is 11.9. The quantitative estimate of drug-likeness (QED) is 0.889. The maximum atomic E-state index is 12.0. The molecule has 0 aromatic carbocycles. The average molecular weight is 303 g/mol. The van der Waals surface area contributed by atoms with E-state index in [1.807, 2.05) is 19.1 Å². The Morgan fingerprint density at radius 2 is 2.11 bits per heavy atom. The van der Waals surface area contributed by atoms with E-state index in [0.717, 1.165) is 9.75 Å². The molecule has 0 radical (unpaired) electrons. The number of thiophene rings is 2. The van der Waals surface area contributed by atoms with Crippen LogP contribution in [0.5, 0.6) is 0 Å². The Hall–Kier alpha value is -0.730. The van der Waals surface area contributed by atoms with E-state index in [1.165, 1.54) is 22.8 Å². The van der Waals surface area contributed by atoms with Gasteiger partial charge in [0.2, 0.25) is 10.0 Å². The van der Waals surface area contributed by atoms with E-state index in [9.17, 15) is 8.42 Å². The van der Waals surface area contributed by atoms with Crippen molar-refractivity contribution in [1.82, 2.24) is 4.72 Å². The number of aryl methyl sites for hydroxylation is 1. The Morgan fingerprint density at radius 3 is 2.67 bits per heavy atom. The fraction of sp³-hybridized carbons (Fsp3) is 0.273. The third-order valence-corrected chi connectivity index (χ3v) is 5.78. The Morgan fingerprint density at radius 1 is 1.33 bits per heavy atom. The summed E-state index contributed by atoms with van der Waals surface area (Å²) in [6.07, 6.45) is 0. The van der Waals surface area contributed by atoms with E-state index < -0.39 is 10.0 Å². The summed E-state index contributed by atoms with van der Waals surface area (Å²) in [5.74, 6) is 0. The predicted octanol–water partition coefficient (Wildman–Crippen LogP) is 2.09. The molecule has 0 unspecified atom stereocenters. The van der Waals surface area contributed by atoms with Crippen LogP contribution in [0.4, 0.5) is 0 Å². The van der Waals surface area contributed by atoms with Crippen molar-refractivity contribution in [2.45, 2.75) is 25.0 Å². The van der Waals surface area contributed by atoms with Crippen LogP contribution in [0.1, 0.15) is 14.6 Å². The zero-order valence-corrected chi connectivity index (χ0v) is 12.2. The van der Waals surface area contributed by atoms with Gasteiger partial charge in [0.1, 0.15) is 0 Å². The molecule has 2 aromatic heterocycles. The number of sulfonamides is 1. The summed E-state index contributed by atoms with van der Waals surface area (Å²) in [7, 11) is -3.48. The Balaban J connectivity index is 2.07. The molecule has 0 amide bonds. The van der Waals surface area contributed by atoms with Crippen LogP contribution in [0, 0.1) is 6.92 Å². The lowest BCUT2D eigenvalue weighted by Gasteiger charge is -2.02. The van der Waals surface area contributed by atoms with Crippen LogP contribution in [0.3, 0.4) is 0 Å². The SMILES string of the molecule is Cc1ccc(CNS(=O)(=O)c2csc(CO)c2)s1. The highest BCUT2D eigenvalue weighted by Crippen LogP contribution is 2.20. The van der Waals surface area contributed by atoms with Crippen LogP contribution in [-0.4, -0.2) is 13.5 Å². The molecule has 0 fully saturated rings. The van der Waals surface area contributed by atoms with Crippen molar-refractivity contribution >= 4 is 32.7 Å². The van der Waals surface area contributed by atoms with E-state index in [1.54, 1.807) is 11.3 Å². The maximum Gasteiger partial charge on any atom is 0.241 e. The highest BCUT2D eigenvalue weighted by atomic mass is 32.2. The summed E-state index contributed by atoms with van der Waals surface area (Å²) in [5.41, 5.74) is 0. The molecule has 98 valence electrons. The minimum atomic E-state index is -3.48. The van der Waals surface area contributed by atoms with Crippen molar-refractivity contribution in [1.29, 1.82) is 0 Å². The van der Waals surface area contributed by atoms with E-state index in [-0.39, 0.29) is 11.5 Å². The molecule has 7 heteroatoms. The second-order valence-corrected chi connectivity index (χ2v) is 7.88. The highest BCUT2D eigenvalue weighted by molar-refractivity contribution is 7.89. The topological polar surface area (TPSA) is 66.4 Å². The number of hydrogen-bond donors (Lipinski definition) is 2. The summed E-state index contributed by atoms with van der Waals surface area (Å²) >= 11 is 2.80. The van der Waals surface area contributed by atoms with Gasteiger partial charge < -0.3 is 5.11 Å². The van der Waals surface area contributed by atoms with E-state index >= 15 is 0 Å². The first-order valence-electron chi connectivity index (χ1n) is 5.24. The molecular weight excluding hydrogens is 290 g/mol. The van der Waals surface area contributed by atoms with Gasteiger partial charge in [0, 0.05) is 26.6 Å². The Labute approximate surface area is 114 Å². The number of aliphatic hydroxyl groups is 1. The minimum absolute atomic E-state index is 0.135. The van der Waals surface area contributed by atoms with Gasteiger partial charge in [0.25, 0.3) is 0 Å². The van der Waals surface area contributed by atoms with Crippen molar-refractivity contribution in [3.8, 4) is 0 Å². The van der Waals surface area contributed by atoms with Crippen LogP contribution >= 0.6 is 22.7 Å². The molecule has 0 aliphatic carbocycles. The molecule has 0 aliphatic heterocycles. The van der Waals surface area contributed by atoms with Crippen molar-refractivity contribution in [2.75, 3.05) is 0 Å². The predicted molar refractivity (Wildman–Crippen MR) is 73.3 cm³/mol. The largest absolute Gasteiger partial charge is 0.391 e. The van der Waals surface area contributed by atoms with Gasteiger partial charge in [0.05, 0.1) is 11.5 Å². The van der Waals surface area contributed by atoms with Gasteiger partial charge in [-0.05, 0) is 25.1 Å². The van der Waals surface area contributed by atoms with Gasteiger partial charge >= 0.3 is 0 Å². The first kappa shape index (κ1) is 13.7. The maximum absolute atomic E-state index is 12.0. The van der Waals surface area contributed by atoms with Crippen LogP contribution in [0.25, 0.3) is 0 Å². The first-order valence-corrected chi connectivity index (χ1v) is 8.42. The molecule has 2 N–H and O–H groups in total. The molecule has 2 aromatic rings. The summed E-state index contributed by atoms with van der Waals surface area (Å²) in [4.78, 5) is 2.99. The van der Waals surface area contributed by atoms with Gasteiger partial charge in [-0.1, -0.05) is 0 Å². The lowest BCUT2D eigenvalue weighted by Crippen LogP contribution is -2.22. The molecular formula is C11H13NO3S3. The van der Waals surface area contributed by atoms with E-state index in [0.29, 0.717) is 11.4 Å². The van der Waals surface area contributed by atoms with Gasteiger partial charge in [0.15, 0.2) is 0 Å². The van der Waals surface area contributed by atoms with Crippen LogP contribution in [-0.2, 0) is 23.2 Å². The molecule has 0 atom stereocenters. The third-order valence-electron chi connectivity index (χ3n) is 2.33. The van der Waals surface area contributed by atoms with Gasteiger partial charge in [-0.25, -0.2) is 13.1 Å². The molecule has 2 heterocycles. The Kier molecular flexibility index (Phi) is 4.18. The number of nitrogens with one attached hydrogen (secondary N) is 1. The third kappa shape index (κ3) is 3.18. The molecule has 0 saturated heterocycles. The van der Waals surface area contributed by atoms with Crippen LogP contribution in [0.15, 0.2) is 28.5 Å². The number of hydrogen-bond acceptors (Lipinski definition) is 5. The van der Waals surface area contributed by atoms with E-state index in [4.69, 9.17) is 5.11 Å². The lowest BCUT2D eigenvalue weighted by molar-refractivity contribution is 0.285. The van der Waals surface area contributed by atoms with Crippen LogP contribution < -0.4 is 4.72 Å². The Bertz CT molecular complexity index is 628. The second kappa shape index (κ2) is 5.50. The molecule has 2 rings (SSSR count). The molecule has 0 saturated carbocycles. The molecule has 0 bridgehead atoms. The summed E-state index contributed by atoms with van der Waals surface area (Å²) in [6.45, 7) is 2.14. The second-order valence-electron chi connectivity index (χ2n) is 3.74. The number of aliphatic hydroxyl groups excluding tert-OH is 1. The van der Waals surface area contributed by atoms with Crippen molar-refractivity contribution in [3.63, 3.8) is 0 Å². The zero-order valence-electron chi connectivity index (χ0n) is 9.71.